The van der Waals surface area contributed by atoms with E-state index in [2.05, 4.69) is 10.6 Å². The van der Waals surface area contributed by atoms with Crippen molar-refractivity contribution >= 4 is 24.3 Å². The van der Waals surface area contributed by atoms with Crippen molar-refractivity contribution in [2.45, 2.75) is 26.2 Å². The molecule has 1 heterocycles. The quantitative estimate of drug-likeness (QED) is 0.670. The number of methoxy groups -OCH3 is 1. The monoisotopic (exact) mass is 384 g/mol. The van der Waals surface area contributed by atoms with Crippen molar-refractivity contribution in [2.75, 3.05) is 33.4 Å². The molecule has 1 fully saturated rings. The highest BCUT2D eigenvalue weighted by atomic mass is 35.5. The van der Waals surface area contributed by atoms with E-state index in [1.165, 1.54) is 7.11 Å². The standard InChI is InChI=1S/C19H28N2O4.ClH/c1-3-25-17-6-4-14(5-7-17)12-16(19(23)24-2)13-21-18(22)15-8-10-20-11-9-15;/h4-7,15-16,20H,3,8-13H2,1-2H3,(H,21,22);1H. The van der Waals surface area contributed by atoms with Crippen LogP contribution in [-0.2, 0) is 20.7 Å². The second kappa shape index (κ2) is 11.8. The molecular weight excluding hydrogens is 356 g/mol. The van der Waals surface area contributed by atoms with Gasteiger partial charge in [-0.2, -0.15) is 0 Å². The zero-order valence-corrected chi connectivity index (χ0v) is 16.3. The highest BCUT2D eigenvalue weighted by Crippen LogP contribution is 2.17. The van der Waals surface area contributed by atoms with E-state index in [1.54, 1.807) is 0 Å². The van der Waals surface area contributed by atoms with Gasteiger partial charge in [0.15, 0.2) is 0 Å². The van der Waals surface area contributed by atoms with Crippen LogP contribution in [0.5, 0.6) is 5.75 Å². The van der Waals surface area contributed by atoms with Gasteiger partial charge >= 0.3 is 5.97 Å². The van der Waals surface area contributed by atoms with E-state index in [1.807, 2.05) is 31.2 Å². The van der Waals surface area contributed by atoms with Crippen LogP contribution in [0.25, 0.3) is 0 Å². The summed E-state index contributed by atoms with van der Waals surface area (Å²) >= 11 is 0. The van der Waals surface area contributed by atoms with E-state index in [0.29, 0.717) is 19.6 Å². The topological polar surface area (TPSA) is 76.7 Å². The fourth-order valence-corrected chi connectivity index (χ4v) is 3.03. The first-order valence-electron chi connectivity index (χ1n) is 8.92. The van der Waals surface area contributed by atoms with Crippen LogP contribution in [-0.4, -0.2) is 45.2 Å². The third-order valence-electron chi connectivity index (χ3n) is 4.48. The molecule has 1 amide bonds. The number of carbonyl (C=O) groups is 2. The fraction of sp³-hybridized carbons (Fsp3) is 0.579. The molecular formula is C19H29ClN2O4. The summed E-state index contributed by atoms with van der Waals surface area (Å²) in [5.74, 6) is 0.167. The summed E-state index contributed by atoms with van der Waals surface area (Å²) in [7, 11) is 1.38. The summed E-state index contributed by atoms with van der Waals surface area (Å²) in [6, 6.07) is 7.66. The van der Waals surface area contributed by atoms with Crippen molar-refractivity contribution in [2.24, 2.45) is 11.8 Å². The average Bonchev–Trinajstić information content (AvgIpc) is 2.66. The number of hydrogen-bond acceptors (Lipinski definition) is 5. The third kappa shape index (κ3) is 6.84. The van der Waals surface area contributed by atoms with Crippen LogP contribution >= 0.6 is 12.4 Å². The smallest absolute Gasteiger partial charge is 0.310 e. The van der Waals surface area contributed by atoms with Crippen LogP contribution in [0.2, 0.25) is 0 Å². The van der Waals surface area contributed by atoms with Gasteiger partial charge in [-0.15, -0.1) is 12.4 Å². The minimum absolute atomic E-state index is 0. The molecule has 7 heteroatoms. The molecule has 0 radical (unpaired) electrons. The zero-order valence-electron chi connectivity index (χ0n) is 15.5. The highest BCUT2D eigenvalue weighted by molar-refractivity contribution is 5.85. The van der Waals surface area contributed by atoms with Gasteiger partial charge in [-0.05, 0) is 57.0 Å². The number of piperidine rings is 1. The molecule has 0 aromatic heterocycles. The van der Waals surface area contributed by atoms with Crippen molar-refractivity contribution < 1.29 is 19.1 Å². The summed E-state index contributed by atoms with van der Waals surface area (Å²) in [4.78, 5) is 24.3. The number of carbonyl (C=O) groups excluding carboxylic acids is 2. The minimum atomic E-state index is -0.395. The zero-order chi connectivity index (χ0) is 18.1. The van der Waals surface area contributed by atoms with E-state index in [9.17, 15) is 9.59 Å². The Morgan fingerprint density at radius 2 is 1.88 bits per heavy atom. The van der Waals surface area contributed by atoms with Crippen molar-refractivity contribution in [3.05, 3.63) is 29.8 Å². The van der Waals surface area contributed by atoms with Crippen LogP contribution in [0.4, 0.5) is 0 Å². The molecule has 2 rings (SSSR count). The highest BCUT2D eigenvalue weighted by Gasteiger charge is 2.24. The summed E-state index contributed by atoms with van der Waals surface area (Å²) in [5.41, 5.74) is 1.01. The molecule has 2 N–H and O–H groups in total. The van der Waals surface area contributed by atoms with Crippen LogP contribution in [0.15, 0.2) is 24.3 Å². The van der Waals surface area contributed by atoms with Crippen LogP contribution < -0.4 is 15.4 Å². The van der Waals surface area contributed by atoms with E-state index >= 15 is 0 Å². The van der Waals surface area contributed by atoms with Crippen molar-refractivity contribution in [1.82, 2.24) is 10.6 Å². The number of ether oxygens (including phenoxy) is 2. The molecule has 1 aromatic rings. The van der Waals surface area contributed by atoms with E-state index in [4.69, 9.17) is 9.47 Å². The molecule has 1 aromatic carbocycles. The molecule has 26 heavy (non-hydrogen) atoms. The van der Waals surface area contributed by atoms with Crippen LogP contribution in [0.1, 0.15) is 25.3 Å². The number of nitrogens with one attached hydrogen (secondary N) is 2. The Balaban J connectivity index is 0.00000338. The van der Waals surface area contributed by atoms with Crippen LogP contribution in [0.3, 0.4) is 0 Å². The largest absolute Gasteiger partial charge is 0.494 e. The first-order valence-corrected chi connectivity index (χ1v) is 8.92. The second-order valence-corrected chi connectivity index (χ2v) is 6.27. The lowest BCUT2D eigenvalue weighted by molar-refractivity contribution is -0.145. The third-order valence-corrected chi connectivity index (χ3v) is 4.48. The Morgan fingerprint density at radius 3 is 2.46 bits per heavy atom. The normalized spacial score (nSPS) is 15.5. The molecule has 0 spiro atoms. The Morgan fingerprint density at radius 1 is 1.23 bits per heavy atom. The van der Waals surface area contributed by atoms with E-state index in [0.717, 1.165) is 37.2 Å². The van der Waals surface area contributed by atoms with Crippen molar-refractivity contribution in [3.63, 3.8) is 0 Å². The lowest BCUT2D eigenvalue weighted by Gasteiger charge is -2.23. The van der Waals surface area contributed by atoms with E-state index < -0.39 is 5.92 Å². The summed E-state index contributed by atoms with van der Waals surface area (Å²) < 4.78 is 10.3. The maximum Gasteiger partial charge on any atom is 0.310 e. The van der Waals surface area contributed by atoms with E-state index in [-0.39, 0.29) is 30.2 Å². The molecule has 1 atom stereocenters. The van der Waals surface area contributed by atoms with Gasteiger partial charge in [0.1, 0.15) is 5.75 Å². The predicted molar refractivity (Wildman–Crippen MR) is 103 cm³/mol. The Labute approximate surface area is 161 Å². The van der Waals surface area contributed by atoms with Gasteiger partial charge in [0.05, 0.1) is 19.6 Å². The molecule has 1 unspecified atom stereocenters. The summed E-state index contributed by atoms with van der Waals surface area (Å²) in [6.45, 7) is 4.58. The summed E-state index contributed by atoms with van der Waals surface area (Å²) in [5, 5.41) is 6.17. The first kappa shape index (κ1) is 22.3. The van der Waals surface area contributed by atoms with Crippen LogP contribution in [0, 0.1) is 11.8 Å². The Kier molecular flexibility index (Phi) is 10.1. The molecule has 1 aliphatic heterocycles. The lowest BCUT2D eigenvalue weighted by Crippen LogP contribution is -2.41. The second-order valence-electron chi connectivity index (χ2n) is 6.27. The number of halogens is 1. The Bertz CT molecular complexity index is 559. The average molecular weight is 385 g/mol. The number of benzene rings is 1. The van der Waals surface area contributed by atoms with Gasteiger partial charge in [-0.25, -0.2) is 0 Å². The summed E-state index contributed by atoms with van der Waals surface area (Å²) in [6.07, 6.45) is 2.20. The van der Waals surface area contributed by atoms with Gasteiger partial charge in [-0.3, -0.25) is 9.59 Å². The number of hydrogen-bond donors (Lipinski definition) is 2. The van der Waals surface area contributed by atoms with Crippen molar-refractivity contribution in [1.29, 1.82) is 0 Å². The number of amides is 1. The molecule has 1 aliphatic rings. The molecule has 0 bridgehead atoms. The predicted octanol–water partition coefficient (Wildman–Crippen LogP) is 1.95. The number of rotatable bonds is 8. The van der Waals surface area contributed by atoms with Gasteiger partial charge in [-0.1, -0.05) is 12.1 Å². The minimum Gasteiger partial charge on any atom is -0.494 e. The van der Waals surface area contributed by atoms with Gasteiger partial charge in [0.25, 0.3) is 0 Å². The maximum absolute atomic E-state index is 12.3. The lowest BCUT2D eigenvalue weighted by atomic mass is 9.96. The van der Waals surface area contributed by atoms with Gasteiger partial charge < -0.3 is 20.1 Å². The maximum atomic E-state index is 12.3. The molecule has 6 nitrogen and oxygen atoms in total. The van der Waals surface area contributed by atoms with Crippen molar-refractivity contribution in [3.8, 4) is 5.75 Å². The Hall–Kier alpha value is -1.79. The molecule has 0 aliphatic carbocycles. The molecule has 146 valence electrons. The SMILES string of the molecule is CCOc1ccc(CC(CNC(=O)C2CCNCC2)C(=O)OC)cc1.Cl. The van der Waals surface area contributed by atoms with Gasteiger partial charge in [0, 0.05) is 12.5 Å². The molecule has 1 saturated heterocycles. The van der Waals surface area contributed by atoms with Gasteiger partial charge in [0.2, 0.25) is 5.91 Å². The molecule has 0 saturated carbocycles. The fourth-order valence-electron chi connectivity index (χ4n) is 3.03. The number of esters is 1. The first-order chi connectivity index (χ1) is 12.1.